The van der Waals surface area contributed by atoms with Crippen LogP contribution in [0.25, 0.3) is 0 Å². The van der Waals surface area contributed by atoms with Crippen molar-refractivity contribution in [1.29, 1.82) is 0 Å². The molecule has 8 heteroatoms. The van der Waals surface area contributed by atoms with Crippen molar-refractivity contribution in [1.82, 2.24) is 4.90 Å². The van der Waals surface area contributed by atoms with Crippen LogP contribution in [-0.2, 0) is 4.74 Å². The monoisotopic (exact) mass is 327 g/mol. The Hall–Kier alpha value is -1.40. The molecule has 0 heterocycles. The van der Waals surface area contributed by atoms with Gasteiger partial charge in [0, 0.05) is 35.9 Å². The zero-order chi connectivity index (χ0) is 15.5. The Kier molecular flexibility index (Phi) is 5.30. The van der Waals surface area contributed by atoms with Crippen molar-refractivity contribution in [3.8, 4) is 0 Å². The lowest BCUT2D eigenvalue weighted by Gasteiger charge is -2.14. The lowest BCUT2D eigenvalue weighted by molar-refractivity contribution is -0.303. The number of benzene rings is 1. The Labute approximate surface area is 123 Å². The van der Waals surface area contributed by atoms with E-state index < -0.39 is 17.9 Å². The molecule has 1 aromatic carbocycles. The van der Waals surface area contributed by atoms with E-state index in [9.17, 15) is 18.0 Å². The average Bonchev–Trinajstić information content (AvgIpc) is 2.23. The van der Waals surface area contributed by atoms with Gasteiger partial charge in [-0.25, -0.2) is 0 Å². The first-order valence-corrected chi connectivity index (χ1v) is 5.99. The number of carbonyl (C=O) groups is 1. The first-order chi connectivity index (χ1) is 9.08. The SMILES string of the molecule is CN(C)/C=C(/OC(F)(F)F)C(=O)c1cc(Cl)cc(Cl)c1. The predicted molar refractivity (Wildman–Crippen MR) is 69.7 cm³/mol. The lowest BCUT2D eigenvalue weighted by atomic mass is 10.1. The molecule has 0 spiro atoms. The van der Waals surface area contributed by atoms with Crippen LogP contribution >= 0.6 is 23.2 Å². The molecule has 0 unspecified atom stereocenters. The van der Waals surface area contributed by atoms with Crippen LogP contribution in [0.3, 0.4) is 0 Å². The number of ether oxygens (including phenoxy) is 1. The van der Waals surface area contributed by atoms with Gasteiger partial charge in [0.25, 0.3) is 0 Å². The smallest absolute Gasteiger partial charge is 0.400 e. The van der Waals surface area contributed by atoms with Gasteiger partial charge < -0.3 is 9.64 Å². The number of halogens is 5. The molecule has 0 aliphatic rings. The maximum Gasteiger partial charge on any atom is 0.573 e. The van der Waals surface area contributed by atoms with Gasteiger partial charge in [-0.15, -0.1) is 13.2 Å². The third-order valence-corrected chi connectivity index (χ3v) is 2.39. The van der Waals surface area contributed by atoms with Gasteiger partial charge in [0.05, 0.1) is 0 Å². The van der Waals surface area contributed by atoms with Crippen LogP contribution in [-0.4, -0.2) is 31.1 Å². The lowest BCUT2D eigenvalue weighted by Crippen LogP contribution is -2.20. The fourth-order valence-corrected chi connectivity index (χ4v) is 1.84. The second-order valence-corrected chi connectivity index (χ2v) is 4.86. The number of rotatable bonds is 4. The highest BCUT2D eigenvalue weighted by Gasteiger charge is 2.34. The minimum Gasteiger partial charge on any atom is -0.400 e. The largest absolute Gasteiger partial charge is 0.573 e. The van der Waals surface area contributed by atoms with Crippen molar-refractivity contribution < 1.29 is 22.7 Å². The number of hydrogen-bond acceptors (Lipinski definition) is 3. The minimum atomic E-state index is -4.97. The van der Waals surface area contributed by atoms with Crippen molar-refractivity contribution in [2.75, 3.05) is 14.1 Å². The van der Waals surface area contributed by atoms with E-state index in [1.165, 1.54) is 37.2 Å². The molecule has 0 saturated heterocycles. The molecule has 110 valence electrons. The van der Waals surface area contributed by atoms with Crippen LogP contribution < -0.4 is 0 Å². The van der Waals surface area contributed by atoms with Gasteiger partial charge >= 0.3 is 6.36 Å². The van der Waals surface area contributed by atoms with Crippen LogP contribution in [0.15, 0.2) is 30.2 Å². The molecular formula is C12H10Cl2F3NO2. The number of hydrogen-bond donors (Lipinski definition) is 0. The number of nitrogens with zero attached hydrogens (tertiary/aromatic N) is 1. The van der Waals surface area contributed by atoms with Crippen LogP contribution in [0, 0.1) is 0 Å². The number of carbonyl (C=O) groups excluding carboxylic acids is 1. The molecule has 20 heavy (non-hydrogen) atoms. The summed E-state index contributed by atoms with van der Waals surface area (Å²) in [4.78, 5) is 13.3. The van der Waals surface area contributed by atoms with Gasteiger partial charge in [0.15, 0.2) is 5.76 Å². The standard InChI is InChI=1S/C12H10Cl2F3NO2/c1-18(2)6-10(20-12(15,16)17)11(19)7-3-8(13)5-9(14)4-7/h3-6H,1-2H3/b10-6+. The quantitative estimate of drug-likeness (QED) is 0.473. The van der Waals surface area contributed by atoms with E-state index in [4.69, 9.17) is 23.2 Å². The third kappa shape index (κ3) is 5.30. The molecule has 0 aliphatic heterocycles. The Morgan fingerprint density at radius 2 is 1.70 bits per heavy atom. The molecule has 1 rings (SSSR count). The van der Waals surface area contributed by atoms with Crippen molar-refractivity contribution in [2.45, 2.75) is 6.36 Å². The zero-order valence-electron chi connectivity index (χ0n) is 10.5. The average molecular weight is 328 g/mol. The van der Waals surface area contributed by atoms with E-state index in [0.29, 0.717) is 0 Å². The van der Waals surface area contributed by atoms with E-state index >= 15 is 0 Å². The van der Waals surface area contributed by atoms with Crippen LogP contribution in [0.2, 0.25) is 10.0 Å². The van der Waals surface area contributed by atoms with Crippen LogP contribution in [0.5, 0.6) is 0 Å². The molecule has 0 aliphatic carbocycles. The van der Waals surface area contributed by atoms with Gasteiger partial charge in [-0.2, -0.15) is 0 Å². The molecule has 0 fully saturated rings. The summed E-state index contributed by atoms with van der Waals surface area (Å²) in [5.74, 6) is -1.85. The molecule has 0 atom stereocenters. The van der Waals surface area contributed by atoms with Crippen molar-refractivity contribution in [2.24, 2.45) is 0 Å². The second kappa shape index (κ2) is 6.37. The molecular weight excluding hydrogens is 318 g/mol. The third-order valence-electron chi connectivity index (χ3n) is 1.95. The summed E-state index contributed by atoms with van der Waals surface area (Å²) in [6, 6.07) is 3.78. The summed E-state index contributed by atoms with van der Waals surface area (Å²) in [5.41, 5.74) is -0.0974. The molecule has 0 bridgehead atoms. The predicted octanol–water partition coefficient (Wildman–Crippen LogP) is 4.12. The zero-order valence-corrected chi connectivity index (χ0v) is 12.0. The first-order valence-electron chi connectivity index (χ1n) is 5.23. The maximum absolute atomic E-state index is 12.3. The summed E-state index contributed by atoms with van der Waals surface area (Å²) in [5, 5.41) is 0.272. The Bertz CT molecular complexity index is 522. The van der Waals surface area contributed by atoms with E-state index in [0.717, 1.165) is 6.20 Å². The Balaban J connectivity index is 3.17. The highest BCUT2D eigenvalue weighted by Crippen LogP contribution is 2.26. The normalized spacial score (nSPS) is 12.2. The van der Waals surface area contributed by atoms with E-state index in [2.05, 4.69) is 4.74 Å². The summed E-state index contributed by atoms with van der Waals surface area (Å²) in [6.07, 6.45) is -4.05. The number of ketones is 1. The van der Waals surface area contributed by atoms with Crippen LogP contribution in [0.4, 0.5) is 13.2 Å². The fourth-order valence-electron chi connectivity index (χ4n) is 1.32. The van der Waals surface area contributed by atoms with Gasteiger partial charge in [-0.3, -0.25) is 4.79 Å². The molecule has 3 nitrogen and oxygen atoms in total. The van der Waals surface area contributed by atoms with E-state index in [-0.39, 0.29) is 15.6 Å². The number of alkyl halides is 3. The van der Waals surface area contributed by atoms with Gasteiger partial charge in [0.2, 0.25) is 5.78 Å². The fraction of sp³-hybridized carbons (Fsp3) is 0.250. The minimum absolute atomic E-state index is 0.0974. The second-order valence-electron chi connectivity index (χ2n) is 3.99. The van der Waals surface area contributed by atoms with Crippen molar-refractivity contribution in [3.05, 3.63) is 45.8 Å². The first kappa shape index (κ1) is 16.7. The maximum atomic E-state index is 12.3. The summed E-state index contributed by atoms with van der Waals surface area (Å²) in [6.45, 7) is 0. The highest BCUT2D eigenvalue weighted by molar-refractivity contribution is 6.35. The Morgan fingerprint density at radius 3 is 2.10 bits per heavy atom. The molecule has 0 aromatic heterocycles. The number of Topliss-reactive ketones (excluding diaryl/α,β-unsaturated/α-hetero) is 1. The molecule has 0 N–H and O–H groups in total. The topological polar surface area (TPSA) is 29.5 Å². The van der Waals surface area contributed by atoms with Gasteiger partial charge in [-0.1, -0.05) is 23.2 Å². The van der Waals surface area contributed by atoms with E-state index in [1.807, 2.05) is 0 Å². The molecule has 0 radical (unpaired) electrons. The van der Waals surface area contributed by atoms with Crippen LogP contribution in [0.1, 0.15) is 10.4 Å². The molecule has 1 aromatic rings. The van der Waals surface area contributed by atoms with Crippen molar-refractivity contribution in [3.63, 3.8) is 0 Å². The summed E-state index contributed by atoms with van der Waals surface area (Å²) >= 11 is 11.4. The summed E-state index contributed by atoms with van der Waals surface area (Å²) < 4.78 is 40.6. The van der Waals surface area contributed by atoms with E-state index in [1.54, 1.807) is 0 Å². The summed E-state index contributed by atoms with van der Waals surface area (Å²) in [7, 11) is 2.91. The number of allylic oxidation sites excluding steroid dienone is 1. The Morgan fingerprint density at radius 1 is 1.20 bits per heavy atom. The highest BCUT2D eigenvalue weighted by atomic mass is 35.5. The molecule has 0 amide bonds. The van der Waals surface area contributed by atoms with Crippen molar-refractivity contribution >= 4 is 29.0 Å². The molecule has 0 saturated carbocycles. The van der Waals surface area contributed by atoms with Gasteiger partial charge in [-0.05, 0) is 18.2 Å². The van der Waals surface area contributed by atoms with Gasteiger partial charge in [0.1, 0.15) is 0 Å².